The summed E-state index contributed by atoms with van der Waals surface area (Å²) in [6.45, 7) is 5.92. The average Bonchev–Trinajstić information content (AvgIpc) is 2.81. The van der Waals surface area contributed by atoms with Crippen LogP contribution in [0.2, 0.25) is 0 Å². The summed E-state index contributed by atoms with van der Waals surface area (Å²) in [5, 5.41) is 0. The van der Waals surface area contributed by atoms with Crippen molar-refractivity contribution in [3.63, 3.8) is 0 Å². The number of hydrogen-bond acceptors (Lipinski definition) is 3. The molecule has 2 aromatic carbocycles. The van der Waals surface area contributed by atoms with Crippen LogP contribution in [0.25, 0.3) is 0 Å². The molecule has 6 nitrogen and oxygen atoms in total. The van der Waals surface area contributed by atoms with Crippen LogP contribution in [0, 0.1) is 5.92 Å². The lowest BCUT2D eigenvalue weighted by Gasteiger charge is -2.44. The molecular formula is C26H34N4O2. The Bertz CT molecular complexity index is 857. The molecule has 1 unspecified atom stereocenters. The number of carbonyl (C=O) groups excluding carboxylic acids is 2. The van der Waals surface area contributed by atoms with E-state index in [1.165, 1.54) is 11.1 Å². The van der Waals surface area contributed by atoms with Crippen molar-refractivity contribution in [3.05, 3.63) is 71.8 Å². The van der Waals surface area contributed by atoms with Gasteiger partial charge in [0.2, 0.25) is 5.91 Å². The molecule has 2 fully saturated rings. The molecule has 0 aromatic heterocycles. The van der Waals surface area contributed by atoms with Crippen LogP contribution in [-0.4, -0.2) is 65.4 Å². The highest BCUT2D eigenvalue weighted by atomic mass is 16.2. The third kappa shape index (κ3) is 5.13. The Kier molecular flexibility index (Phi) is 7.10. The standard InChI is InChI=1S/C26H34N4O2/c1-20-19-29(25(22-8-4-2-5-9-22)23-10-6-3-7-11-23)16-17-30(20)24(31)18-21-12-14-28(15-13-21)26(27)32/h2-11,20-21,25H,12-19H2,1H3,(H2,27,32). The smallest absolute Gasteiger partial charge is 0.314 e. The van der Waals surface area contributed by atoms with Gasteiger partial charge in [-0.2, -0.15) is 0 Å². The Labute approximate surface area is 191 Å². The first-order valence-electron chi connectivity index (χ1n) is 11.7. The SMILES string of the molecule is CC1CN(C(c2ccccc2)c2ccccc2)CCN1C(=O)CC1CCN(C(N)=O)CC1. The average molecular weight is 435 g/mol. The van der Waals surface area contributed by atoms with Crippen LogP contribution < -0.4 is 5.73 Å². The molecule has 3 amide bonds. The molecule has 0 spiro atoms. The molecule has 4 rings (SSSR count). The second kappa shape index (κ2) is 10.2. The fourth-order valence-corrected chi connectivity index (χ4v) is 5.20. The second-order valence-corrected chi connectivity index (χ2v) is 9.13. The molecule has 0 bridgehead atoms. The molecule has 2 aliphatic rings. The zero-order valence-corrected chi connectivity index (χ0v) is 18.9. The molecule has 170 valence electrons. The van der Waals surface area contributed by atoms with Crippen molar-refractivity contribution in [2.24, 2.45) is 11.7 Å². The molecule has 6 heteroatoms. The van der Waals surface area contributed by atoms with Gasteiger partial charge in [-0.1, -0.05) is 60.7 Å². The highest BCUT2D eigenvalue weighted by Crippen LogP contribution is 2.31. The first-order valence-corrected chi connectivity index (χ1v) is 11.7. The molecule has 2 N–H and O–H groups in total. The van der Waals surface area contributed by atoms with Gasteiger partial charge in [-0.3, -0.25) is 9.69 Å². The number of benzene rings is 2. The molecule has 2 aromatic rings. The van der Waals surface area contributed by atoms with E-state index < -0.39 is 0 Å². The van der Waals surface area contributed by atoms with E-state index in [-0.39, 0.29) is 24.0 Å². The Morgan fingerprint density at radius 3 is 1.97 bits per heavy atom. The number of likely N-dealkylation sites (tertiary alicyclic amines) is 1. The Morgan fingerprint density at radius 1 is 0.906 bits per heavy atom. The largest absolute Gasteiger partial charge is 0.351 e. The van der Waals surface area contributed by atoms with E-state index in [1.807, 2.05) is 0 Å². The number of carbonyl (C=O) groups is 2. The molecule has 2 saturated heterocycles. The number of rotatable bonds is 5. The third-order valence-electron chi connectivity index (χ3n) is 6.96. The van der Waals surface area contributed by atoms with Crippen molar-refractivity contribution in [1.29, 1.82) is 0 Å². The van der Waals surface area contributed by atoms with Crippen molar-refractivity contribution in [3.8, 4) is 0 Å². The lowest BCUT2D eigenvalue weighted by atomic mass is 9.92. The van der Waals surface area contributed by atoms with Crippen LogP contribution in [0.3, 0.4) is 0 Å². The second-order valence-electron chi connectivity index (χ2n) is 9.13. The maximum Gasteiger partial charge on any atom is 0.314 e. The number of primary amides is 1. The molecule has 0 aliphatic carbocycles. The number of hydrogen-bond donors (Lipinski definition) is 1. The van der Waals surface area contributed by atoms with Crippen LogP contribution >= 0.6 is 0 Å². The van der Waals surface area contributed by atoms with Gasteiger partial charge in [-0.15, -0.1) is 0 Å². The third-order valence-corrected chi connectivity index (χ3v) is 6.96. The highest BCUT2D eigenvalue weighted by Gasteiger charge is 2.33. The van der Waals surface area contributed by atoms with Gasteiger partial charge in [0.05, 0.1) is 6.04 Å². The van der Waals surface area contributed by atoms with Crippen LogP contribution in [-0.2, 0) is 4.79 Å². The summed E-state index contributed by atoms with van der Waals surface area (Å²) in [4.78, 5) is 30.7. The van der Waals surface area contributed by atoms with Crippen molar-refractivity contribution in [2.45, 2.75) is 38.3 Å². The maximum absolute atomic E-state index is 13.1. The van der Waals surface area contributed by atoms with Crippen molar-refractivity contribution in [1.82, 2.24) is 14.7 Å². The van der Waals surface area contributed by atoms with E-state index in [4.69, 9.17) is 5.73 Å². The predicted molar refractivity (Wildman–Crippen MR) is 126 cm³/mol. The molecule has 0 saturated carbocycles. The van der Waals surface area contributed by atoms with Gasteiger partial charge in [-0.25, -0.2) is 4.79 Å². The first-order chi connectivity index (χ1) is 15.5. The van der Waals surface area contributed by atoms with E-state index in [0.717, 1.165) is 32.5 Å². The summed E-state index contributed by atoms with van der Waals surface area (Å²) in [5.41, 5.74) is 7.95. The molecule has 2 heterocycles. The Morgan fingerprint density at radius 2 is 1.47 bits per heavy atom. The van der Waals surface area contributed by atoms with E-state index in [1.54, 1.807) is 4.90 Å². The van der Waals surface area contributed by atoms with Gasteiger partial charge in [0, 0.05) is 45.2 Å². The quantitative estimate of drug-likeness (QED) is 0.783. The Balaban J connectivity index is 1.39. The fourth-order valence-electron chi connectivity index (χ4n) is 5.20. The fraction of sp³-hybridized carbons (Fsp3) is 0.462. The van der Waals surface area contributed by atoms with Crippen LogP contribution in [0.5, 0.6) is 0 Å². The number of nitrogens with zero attached hydrogens (tertiary/aromatic N) is 3. The van der Waals surface area contributed by atoms with Crippen molar-refractivity contribution in [2.75, 3.05) is 32.7 Å². The zero-order valence-electron chi connectivity index (χ0n) is 18.9. The number of piperazine rings is 1. The van der Waals surface area contributed by atoms with E-state index >= 15 is 0 Å². The van der Waals surface area contributed by atoms with Gasteiger partial charge < -0.3 is 15.5 Å². The molecule has 0 radical (unpaired) electrons. The molecule has 2 aliphatic heterocycles. The predicted octanol–water partition coefficient (Wildman–Crippen LogP) is 3.49. The van der Waals surface area contributed by atoms with Gasteiger partial charge in [-0.05, 0) is 36.8 Å². The molecular weight excluding hydrogens is 400 g/mol. The minimum atomic E-state index is -0.356. The normalized spacial score (nSPS) is 20.5. The first kappa shape index (κ1) is 22.3. The minimum absolute atomic E-state index is 0.164. The topological polar surface area (TPSA) is 69.9 Å². The summed E-state index contributed by atoms with van der Waals surface area (Å²) in [7, 11) is 0. The van der Waals surface area contributed by atoms with Crippen molar-refractivity contribution < 1.29 is 9.59 Å². The summed E-state index contributed by atoms with van der Waals surface area (Å²) < 4.78 is 0. The lowest BCUT2D eigenvalue weighted by Crippen LogP contribution is -2.55. The highest BCUT2D eigenvalue weighted by molar-refractivity contribution is 5.77. The van der Waals surface area contributed by atoms with Crippen molar-refractivity contribution >= 4 is 11.9 Å². The van der Waals surface area contributed by atoms with Gasteiger partial charge in [0.25, 0.3) is 0 Å². The van der Waals surface area contributed by atoms with Crippen LogP contribution in [0.15, 0.2) is 60.7 Å². The summed E-state index contributed by atoms with van der Waals surface area (Å²) in [5.74, 6) is 0.579. The van der Waals surface area contributed by atoms with Gasteiger partial charge >= 0.3 is 6.03 Å². The van der Waals surface area contributed by atoms with E-state index in [9.17, 15) is 9.59 Å². The molecule has 1 atom stereocenters. The maximum atomic E-state index is 13.1. The van der Waals surface area contributed by atoms with E-state index in [0.29, 0.717) is 25.4 Å². The van der Waals surface area contributed by atoms with E-state index in [2.05, 4.69) is 77.4 Å². The monoisotopic (exact) mass is 434 g/mol. The zero-order chi connectivity index (χ0) is 22.5. The minimum Gasteiger partial charge on any atom is -0.351 e. The summed E-state index contributed by atoms with van der Waals surface area (Å²) in [6, 6.07) is 21.3. The Hall–Kier alpha value is -2.86. The summed E-state index contributed by atoms with van der Waals surface area (Å²) >= 11 is 0. The summed E-state index contributed by atoms with van der Waals surface area (Å²) in [6.07, 6.45) is 2.28. The van der Waals surface area contributed by atoms with Crippen LogP contribution in [0.4, 0.5) is 4.79 Å². The number of urea groups is 1. The molecule has 32 heavy (non-hydrogen) atoms. The van der Waals surface area contributed by atoms with Gasteiger partial charge in [0.1, 0.15) is 0 Å². The number of amides is 3. The van der Waals surface area contributed by atoms with Gasteiger partial charge in [0.15, 0.2) is 0 Å². The van der Waals surface area contributed by atoms with Crippen LogP contribution in [0.1, 0.15) is 43.4 Å². The number of piperidine rings is 1. The lowest BCUT2D eigenvalue weighted by molar-refractivity contribution is -0.137. The number of nitrogens with two attached hydrogens (primary N) is 1.